The Hall–Kier alpha value is -1.30. The number of likely N-dealkylation sites (tertiary alicyclic amines) is 2. The summed E-state index contributed by atoms with van der Waals surface area (Å²) in [5, 5.41) is 18.8. The number of carbonyl (C=O) groups excluding carboxylic acids is 1. The van der Waals surface area contributed by atoms with Gasteiger partial charge in [-0.25, -0.2) is 9.59 Å². The highest BCUT2D eigenvalue weighted by atomic mass is 16.4. The normalized spacial score (nSPS) is 28.0. The van der Waals surface area contributed by atoms with E-state index in [-0.39, 0.29) is 24.4 Å². The molecule has 0 aromatic rings. The SMILES string of the molecule is CC(C)(C)C1CCN(C(=O)N2C[C@H](O)C[C@H]2C(=O)O)CC1. The number of hydrogen-bond acceptors (Lipinski definition) is 3. The number of carbonyl (C=O) groups is 2. The largest absolute Gasteiger partial charge is 0.480 e. The Morgan fingerprint density at radius 1 is 1.14 bits per heavy atom. The molecule has 0 bridgehead atoms. The van der Waals surface area contributed by atoms with Crippen molar-refractivity contribution < 1.29 is 19.8 Å². The second-order valence-electron chi connectivity index (χ2n) is 7.31. The summed E-state index contributed by atoms with van der Waals surface area (Å²) >= 11 is 0. The Bertz CT molecular complexity index is 410. The number of rotatable bonds is 1. The van der Waals surface area contributed by atoms with Crippen LogP contribution in [0.5, 0.6) is 0 Å². The van der Waals surface area contributed by atoms with Gasteiger partial charge in [0.05, 0.1) is 6.10 Å². The molecular weight excluding hydrogens is 272 g/mol. The number of carboxylic acids is 1. The molecule has 2 aliphatic rings. The molecule has 2 saturated heterocycles. The van der Waals surface area contributed by atoms with E-state index < -0.39 is 18.1 Å². The van der Waals surface area contributed by atoms with Crippen molar-refractivity contribution in [3.8, 4) is 0 Å². The van der Waals surface area contributed by atoms with E-state index in [0.29, 0.717) is 19.0 Å². The van der Waals surface area contributed by atoms with Crippen LogP contribution in [-0.2, 0) is 4.79 Å². The molecule has 2 aliphatic heterocycles. The number of aliphatic carboxylic acids is 1. The topological polar surface area (TPSA) is 81.1 Å². The molecular formula is C15H26N2O4. The van der Waals surface area contributed by atoms with Gasteiger partial charge >= 0.3 is 12.0 Å². The molecule has 6 heteroatoms. The van der Waals surface area contributed by atoms with Gasteiger partial charge in [0.15, 0.2) is 0 Å². The van der Waals surface area contributed by atoms with Crippen molar-refractivity contribution in [2.24, 2.45) is 11.3 Å². The van der Waals surface area contributed by atoms with Gasteiger partial charge in [-0.3, -0.25) is 0 Å². The monoisotopic (exact) mass is 298 g/mol. The molecule has 0 unspecified atom stereocenters. The van der Waals surface area contributed by atoms with Crippen LogP contribution in [0.3, 0.4) is 0 Å². The molecule has 2 amide bonds. The van der Waals surface area contributed by atoms with Gasteiger partial charge in [0.2, 0.25) is 0 Å². The molecule has 120 valence electrons. The molecule has 2 rings (SSSR count). The van der Waals surface area contributed by atoms with Crippen molar-refractivity contribution in [3.63, 3.8) is 0 Å². The molecule has 0 aromatic heterocycles. The summed E-state index contributed by atoms with van der Waals surface area (Å²) in [7, 11) is 0. The van der Waals surface area contributed by atoms with Crippen molar-refractivity contribution in [1.29, 1.82) is 0 Å². The molecule has 2 heterocycles. The number of amides is 2. The van der Waals surface area contributed by atoms with Crippen LogP contribution in [0.15, 0.2) is 0 Å². The second-order valence-corrected chi connectivity index (χ2v) is 7.31. The third-order valence-electron chi connectivity index (χ3n) is 4.80. The molecule has 2 atom stereocenters. The van der Waals surface area contributed by atoms with E-state index in [2.05, 4.69) is 20.8 Å². The average molecular weight is 298 g/mol. The minimum atomic E-state index is -1.04. The van der Waals surface area contributed by atoms with Gasteiger partial charge in [0.1, 0.15) is 6.04 Å². The number of nitrogens with zero attached hydrogens (tertiary/aromatic N) is 2. The highest BCUT2D eigenvalue weighted by Gasteiger charge is 2.41. The molecule has 0 radical (unpaired) electrons. The van der Waals surface area contributed by atoms with Gasteiger partial charge in [0, 0.05) is 26.1 Å². The number of β-amino-alcohol motifs (C(OH)–C–C–N with tert-alkyl or cyclic N) is 1. The van der Waals surface area contributed by atoms with E-state index in [1.807, 2.05) is 0 Å². The summed E-state index contributed by atoms with van der Waals surface area (Å²) in [6, 6.07) is -1.14. The van der Waals surface area contributed by atoms with Gasteiger partial charge in [0.25, 0.3) is 0 Å². The summed E-state index contributed by atoms with van der Waals surface area (Å²) in [6.45, 7) is 8.10. The van der Waals surface area contributed by atoms with Crippen molar-refractivity contribution in [1.82, 2.24) is 9.80 Å². The van der Waals surface area contributed by atoms with Crippen LogP contribution in [0.4, 0.5) is 4.79 Å². The van der Waals surface area contributed by atoms with Gasteiger partial charge in [-0.15, -0.1) is 0 Å². The summed E-state index contributed by atoms with van der Waals surface area (Å²) in [5.74, 6) is -0.453. The average Bonchev–Trinajstić information content (AvgIpc) is 2.79. The maximum Gasteiger partial charge on any atom is 0.326 e. The van der Waals surface area contributed by atoms with Gasteiger partial charge < -0.3 is 20.0 Å². The number of urea groups is 1. The smallest absolute Gasteiger partial charge is 0.326 e. The number of aliphatic hydroxyl groups is 1. The zero-order valence-corrected chi connectivity index (χ0v) is 13.1. The standard InChI is InChI=1S/C15H26N2O4/c1-15(2,3)10-4-6-16(7-5-10)14(21)17-9-11(18)8-12(17)13(19)20/h10-12,18H,4-9H2,1-3H3,(H,19,20)/t11-,12+/m1/s1. The number of aliphatic hydroxyl groups excluding tert-OH is 1. The van der Waals surface area contributed by atoms with Gasteiger partial charge in [-0.05, 0) is 24.2 Å². The quantitative estimate of drug-likeness (QED) is 0.766. The van der Waals surface area contributed by atoms with E-state index in [1.165, 1.54) is 4.90 Å². The molecule has 0 saturated carbocycles. The zero-order chi connectivity index (χ0) is 15.8. The maximum atomic E-state index is 12.5. The fourth-order valence-electron chi connectivity index (χ4n) is 3.38. The lowest BCUT2D eigenvalue weighted by Gasteiger charge is -2.40. The number of hydrogen-bond donors (Lipinski definition) is 2. The fourth-order valence-corrected chi connectivity index (χ4v) is 3.38. The van der Waals surface area contributed by atoms with E-state index in [0.717, 1.165) is 12.8 Å². The van der Waals surface area contributed by atoms with E-state index in [4.69, 9.17) is 0 Å². The molecule has 21 heavy (non-hydrogen) atoms. The van der Waals surface area contributed by atoms with Crippen LogP contribution in [0.25, 0.3) is 0 Å². The van der Waals surface area contributed by atoms with Crippen LogP contribution in [0, 0.1) is 11.3 Å². The predicted molar refractivity (Wildman–Crippen MR) is 77.9 cm³/mol. The Balaban J connectivity index is 1.97. The van der Waals surface area contributed by atoms with E-state index in [9.17, 15) is 19.8 Å². The number of carboxylic acid groups (broad SMARTS) is 1. The Kier molecular flexibility index (Phi) is 4.46. The lowest BCUT2D eigenvalue weighted by molar-refractivity contribution is -0.141. The molecule has 0 spiro atoms. The fraction of sp³-hybridized carbons (Fsp3) is 0.867. The first kappa shape index (κ1) is 16.1. The lowest BCUT2D eigenvalue weighted by atomic mass is 9.75. The first-order valence-electron chi connectivity index (χ1n) is 7.66. The number of piperidine rings is 1. The first-order valence-corrected chi connectivity index (χ1v) is 7.66. The van der Waals surface area contributed by atoms with Gasteiger partial charge in [-0.2, -0.15) is 0 Å². The molecule has 0 aliphatic carbocycles. The molecule has 2 fully saturated rings. The zero-order valence-electron chi connectivity index (χ0n) is 13.1. The van der Waals surface area contributed by atoms with Crippen LogP contribution in [0.2, 0.25) is 0 Å². The van der Waals surface area contributed by atoms with E-state index in [1.54, 1.807) is 4.90 Å². The summed E-state index contributed by atoms with van der Waals surface area (Å²) in [6.07, 6.45) is 1.29. The maximum absolute atomic E-state index is 12.5. The van der Waals surface area contributed by atoms with Gasteiger partial charge in [-0.1, -0.05) is 20.8 Å². The van der Waals surface area contributed by atoms with Crippen molar-refractivity contribution in [3.05, 3.63) is 0 Å². The Morgan fingerprint density at radius 3 is 2.19 bits per heavy atom. The summed E-state index contributed by atoms with van der Waals surface area (Å²) in [5.41, 5.74) is 0.239. The highest BCUT2D eigenvalue weighted by Crippen LogP contribution is 2.34. The van der Waals surface area contributed by atoms with Crippen LogP contribution in [-0.4, -0.2) is 63.8 Å². The summed E-state index contributed by atoms with van der Waals surface area (Å²) in [4.78, 5) is 26.7. The third-order valence-corrected chi connectivity index (χ3v) is 4.80. The van der Waals surface area contributed by atoms with Crippen LogP contribution in [0.1, 0.15) is 40.0 Å². The second kappa shape index (κ2) is 5.83. The van der Waals surface area contributed by atoms with Crippen LogP contribution < -0.4 is 0 Å². The van der Waals surface area contributed by atoms with E-state index >= 15 is 0 Å². The highest BCUT2D eigenvalue weighted by molar-refractivity contribution is 5.83. The molecule has 2 N–H and O–H groups in total. The Morgan fingerprint density at radius 2 is 1.71 bits per heavy atom. The first-order chi connectivity index (χ1) is 9.70. The van der Waals surface area contributed by atoms with Crippen molar-refractivity contribution in [2.75, 3.05) is 19.6 Å². The minimum Gasteiger partial charge on any atom is -0.480 e. The van der Waals surface area contributed by atoms with Crippen molar-refractivity contribution >= 4 is 12.0 Å². The lowest BCUT2D eigenvalue weighted by Crippen LogP contribution is -2.51. The third kappa shape index (κ3) is 3.48. The summed E-state index contributed by atoms with van der Waals surface area (Å²) < 4.78 is 0. The predicted octanol–water partition coefficient (Wildman–Crippen LogP) is 1.38. The van der Waals surface area contributed by atoms with Crippen molar-refractivity contribution in [2.45, 2.75) is 52.2 Å². The molecule has 6 nitrogen and oxygen atoms in total. The van der Waals surface area contributed by atoms with Crippen LogP contribution >= 0.6 is 0 Å². The minimum absolute atomic E-state index is 0.120. The molecule has 0 aromatic carbocycles. The Labute approximate surface area is 125 Å².